The zero-order chi connectivity index (χ0) is 21.9. The van der Waals surface area contributed by atoms with Crippen molar-refractivity contribution in [3.63, 3.8) is 0 Å². The molecule has 0 aliphatic carbocycles. The molecule has 0 unspecified atom stereocenters. The fraction of sp³-hybridized carbons (Fsp3) is 0.444. The van der Waals surface area contributed by atoms with E-state index in [-0.39, 0.29) is 28.5 Å². The van der Waals surface area contributed by atoms with Gasteiger partial charge >= 0.3 is 6.18 Å². The first-order chi connectivity index (χ1) is 13.5. The quantitative estimate of drug-likeness (QED) is 0.383. The summed E-state index contributed by atoms with van der Waals surface area (Å²) in [7, 11) is 1.34. The van der Waals surface area contributed by atoms with Gasteiger partial charge in [-0.05, 0) is 30.2 Å². The van der Waals surface area contributed by atoms with Gasteiger partial charge in [-0.3, -0.25) is 9.79 Å². The van der Waals surface area contributed by atoms with E-state index in [0.29, 0.717) is 0 Å². The molecule has 0 N–H and O–H groups in total. The van der Waals surface area contributed by atoms with Crippen molar-refractivity contribution < 1.29 is 26.7 Å². The molecule has 0 radical (unpaired) electrons. The highest BCUT2D eigenvalue weighted by Crippen LogP contribution is 2.39. The molecule has 0 saturated carbocycles. The third kappa shape index (κ3) is 4.82. The molecule has 0 atom stereocenters. The Morgan fingerprint density at radius 1 is 1.28 bits per heavy atom. The third-order valence-corrected chi connectivity index (χ3v) is 4.73. The van der Waals surface area contributed by atoms with E-state index < -0.39 is 35.5 Å². The van der Waals surface area contributed by atoms with Gasteiger partial charge in [0.15, 0.2) is 5.69 Å². The van der Waals surface area contributed by atoms with E-state index in [4.69, 9.17) is 0 Å². The van der Waals surface area contributed by atoms with Crippen molar-refractivity contribution in [1.29, 1.82) is 0 Å². The predicted molar refractivity (Wildman–Crippen MR) is 101 cm³/mol. The molecule has 0 fully saturated rings. The van der Waals surface area contributed by atoms with E-state index in [9.17, 15) is 26.7 Å². The van der Waals surface area contributed by atoms with Crippen LogP contribution in [0.1, 0.15) is 53.1 Å². The number of halogens is 5. The van der Waals surface area contributed by atoms with E-state index in [0.717, 1.165) is 16.4 Å². The molecule has 2 rings (SSSR count). The Kier molecular flexibility index (Phi) is 7.15. The number of aromatic nitrogens is 3. The van der Waals surface area contributed by atoms with Crippen LogP contribution in [0.5, 0.6) is 0 Å². The lowest BCUT2D eigenvalue weighted by Gasteiger charge is -2.23. The summed E-state index contributed by atoms with van der Waals surface area (Å²) in [5, 5.41) is 3.77. The molecule has 5 nitrogen and oxygen atoms in total. The van der Waals surface area contributed by atoms with Crippen molar-refractivity contribution in [1.82, 2.24) is 14.8 Å². The van der Waals surface area contributed by atoms with Crippen LogP contribution in [-0.2, 0) is 12.6 Å². The fourth-order valence-electron chi connectivity index (χ4n) is 2.91. The molecule has 29 heavy (non-hydrogen) atoms. The maximum atomic E-state index is 13.8. The van der Waals surface area contributed by atoms with E-state index >= 15 is 0 Å². The average molecular weight is 434 g/mol. The molecule has 2 aromatic heterocycles. The Morgan fingerprint density at radius 2 is 1.93 bits per heavy atom. The lowest BCUT2D eigenvalue weighted by Crippen LogP contribution is -2.27. The minimum Gasteiger partial charge on any atom is -0.281 e. The average Bonchev–Trinajstić information content (AvgIpc) is 3.15. The second kappa shape index (κ2) is 9.02. The molecule has 0 saturated heterocycles. The maximum Gasteiger partial charge on any atom is 0.434 e. The monoisotopic (exact) mass is 434 g/mol. The molecule has 2 aromatic rings. The van der Waals surface area contributed by atoms with Gasteiger partial charge in [0.25, 0.3) is 12.3 Å². The number of aliphatic imine (C=N–C) groups is 1. The van der Waals surface area contributed by atoms with Gasteiger partial charge in [-0.15, -0.1) is 11.8 Å². The normalized spacial score (nSPS) is 12.9. The number of nitrogens with zero attached hydrogens (tertiary/aromatic N) is 4. The fourth-order valence-corrected chi connectivity index (χ4v) is 3.52. The third-order valence-electron chi connectivity index (χ3n) is 3.95. The van der Waals surface area contributed by atoms with Crippen molar-refractivity contribution in [2.24, 2.45) is 10.9 Å². The lowest BCUT2D eigenvalue weighted by molar-refractivity contribution is -0.141. The Bertz CT molecular complexity index is 908. The van der Waals surface area contributed by atoms with Gasteiger partial charge in [-0.1, -0.05) is 13.8 Å². The summed E-state index contributed by atoms with van der Waals surface area (Å²) in [6.07, 6.45) is -4.47. The number of carbonyl (C=O) groups is 1. The molecule has 158 valence electrons. The van der Waals surface area contributed by atoms with Crippen LogP contribution in [0.15, 0.2) is 23.5 Å². The summed E-state index contributed by atoms with van der Waals surface area (Å²) in [6, 6.07) is 1.37. The van der Waals surface area contributed by atoms with E-state index in [1.807, 2.05) is 0 Å². The topological polar surface area (TPSA) is 60.1 Å². The minimum atomic E-state index is -5.12. The zero-order valence-corrected chi connectivity index (χ0v) is 16.9. The van der Waals surface area contributed by atoms with Crippen molar-refractivity contribution in [2.45, 2.75) is 32.9 Å². The number of rotatable bonds is 5. The molecule has 0 spiro atoms. The van der Waals surface area contributed by atoms with Gasteiger partial charge in [0.05, 0.1) is 10.6 Å². The van der Waals surface area contributed by atoms with Gasteiger partial charge < -0.3 is 0 Å². The molecule has 2 heterocycles. The second-order valence-electron chi connectivity index (χ2n) is 6.46. The first-order valence-electron chi connectivity index (χ1n) is 8.50. The Labute approximate surface area is 168 Å². The summed E-state index contributed by atoms with van der Waals surface area (Å²) in [4.78, 5) is 20.1. The second-order valence-corrected chi connectivity index (χ2v) is 7.25. The van der Waals surface area contributed by atoms with Crippen molar-refractivity contribution in [3.05, 3.63) is 46.5 Å². The summed E-state index contributed by atoms with van der Waals surface area (Å²) in [5.74, 6) is -1.32. The van der Waals surface area contributed by atoms with Crippen LogP contribution in [0, 0.1) is 5.92 Å². The molecule has 0 aromatic carbocycles. The van der Waals surface area contributed by atoms with Crippen molar-refractivity contribution >= 4 is 22.7 Å². The summed E-state index contributed by atoms with van der Waals surface area (Å²) < 4.78 is 69.6. The van der Waals surface area contributed by atoms with Gasteiger partial charge in [-0.2, -0.15) is 18.3 Å². The predicted octanol–water partition coefficient (Wildman–Crippen LogP) is 4.86. The number of pyridine rings is 1. The summed E-state index contributed by atoms with van der Waals surface area (Å²) >= 11 is 0.989. The van der Waals surface area contributed by atoms with Crippen LogP contribution in [-0.4, -0.2) is 39.0 Å². The Balaban J connectivity index is 3.04. The molecule has 0 bridgehead atoms. The molecule has 0 aliphatic heterocycles. The van der Waals surface area contributed by atoms with Gasteiger partial charge in [0.1, 0.15) is 5.69 Å². The molecule has 0 aliphatic rings. The first-order valence-corrected chi connectivity index (χ1v) is 9.72. The van der Waals surface area contributed by atoms with Crippen LogP contribution < -0.4 is 0 Å². The SMILES string of the molecule is CN=C(SC)c1c(C(F)F)nc(C(F)(F)F)c(C(=O)n2cccn2)c1CC(C)C. The largest absolute Gasteiger partial charge is 0.434 e. The smallest absolute Gasteiger partial charge is 0.281 e. The standard InChI is InChI=1S/C18H19F5N4OS/c1-9(2)8-10-11(16(24-3)29-4)13(15(19)20)26-14(18(21,22)23)12(10)17(28)27-7-5-6-25-27/h5-7,9,15H,8H2,1-4H3. The van der Waals surface area contributed by atoms with Gasteiger partial charge in [-0.25, -0.2) is 18.4 Å². The molecule has 11 heteroatoms. The maximum absolute atomic E-state index is 13.8. The highest BCUT2D eigenvalue weighted by Gasteiger charge is 2.42. The van der Waals surface area contributed by atoms with E-state index in [1.54, 1.807) is 20.1 Å². The van der Waals surface area contributed by atoms with E-state index in [1.165, 1.54) is 25.5 Å². The van der Waals surface area contributed by atoms with Crippen LogP contribution in [0.2, 0.25) is 0 Å². The van der Waals surface area contributed by atoms with Gasteiger partial charge in [0.2, 0.25) is 0 Å². The highest BCUT2D eigenvalue weighted by atomic mass is 32.2. The zero-order valence-electron chi connectivity index (χ0n) is 16.1. The van der Waals surface area contributed by atoms with Crippen LogP contribution in [0.3, 0.4) is 0 Å². The Hall–Kier alpha value is -2.30. The highest BCUT2D eigenvalue weighted by molar-refractivity contribution is 8.13. The summed E-state index contributed by atoms with van der Waals surface area (Å²) in [5.41, 5.74) is -3.87. The number of carbonyl (C=O) groups excluding carboxylic acids is 1. The number of hydrogen-bond acceptors (Lipinski definition) is 5. The molecular formula is C18H19F5N4OS. The first kappa shape index (κ1) is 23.0. The van der Waals surface area contributed by atoms with Crippen LogP contribution >= 0.6 is 11.8 Å². The summed E-state index contributed by atoms with van der Waals surface area (Å²) in [6.45, 7) is 3.42. The van der Waals surface area contributed by atoms with Crippen molar-refractivity contribution in [2.75, 3.05) is 13.3 Å². The van der Waals surface area contributed by atoms with Crippen LogP contribution in [0.25, 0.3) is 0 Å². The number of thioether (sulfide) groups is 1. The minimum absolute atomic E-state index is 0.0530. The van der Waals surface area contributed by atoms with Gasteiger partial charge in [0, 0.05) is 25.0 Å². The van der Waals surface area contributed by atoms with Crippen molar-refractivity contribution in [3.8, 4) is 0 Å². The van der Waals surface area contributed by atoms with Crippen LogP contribution in [0.4, 0.5) is 22.0 Å². The van der Waals surface area contributed by atoms with E-state index in [2.05, 4.69) is 15.1 Å². The number of alkyl halides is 5. The number of hydrogen-bond donors (Lipinski definition) is 0. The molecular weight excluding hydrogens is 415 g/mol. The molecule has 0 amide bonds. The Morgan fingerprint density at radius 3 is 2.34 bits per heavy atom. The lowest BCUT2D eigenvalue weighted by atomic mass is 9.90.